The van der Waals surface area contributed by atoms with Crippen LogP contribution in [0.5, 0.6) is 0 Å². The van der Waals surface area contributed by atoms with Crippen molar-refractivity contribution in [3.05, 3.63) is 58.9 Å². The maximum Gasteiger partial charge on any atom is 0.259 e. The molecule has 0 aliphatic rings. The third kappa shape index (κ3) is 3.28. The topological polar surface area (TPSA) is 54.5 Å². The Hall–Kier alpha value is -1.92. The standard InChI is InChI=1S/C15H13ClFNO3S/c1-18(14-6-4-3-5-13(14)17)15(19)11-9-10(22(2,20)21)7-8-12(11)16/h3-9H,1-2H3. The molecule has 22 heavy (non-hydrogen) atoms. The maximum absolute atomic E-state index is 13.8. The maximum atomic E-state index is 13.8. The molecule has 2 aromatic carbocycles. The molecule has 7 heteroatoms. The van der Waals surface area contributed by atoms with Crippen LogP contribution in [0.4, 0.5) is 10.1 Å². The summed E-state index contributed by atoms with van der Waals surface area (Å²) in [6.07, 6.45) is 1.03. The molecule has 0 saturated carbocycles. The lowest BCUT2D eigenvalue weighted by Crippen LogP contribution is -2.27. The van der Waals surface area contributed by atoms with E-state index in [1.807, 2.05) is 0 Å². The lowest BCUT2D eigenvalue weighted by Gasteiger charge is -2.19. The van der Waals surface area contributed by atoms with Crippen LogP contribution in [-0.4, -0.2) is 27.6 Å². The molecule has 0 saturated heterocycles. The van der Waals surface area contributed by atoms with Crippen molar-refractivity contribution >= 4 is 33.0 Å². The van der Waals surface area contributed by atoms with Gasteiger partial charge < -0.3 is 4.90 Å². The fraction of sp³-hybridized carbons (Fsp3) is 0.133. The van der Waals surface area contributed by atoms with Crippen LogP contribution >= 0.6 is 11.6 Å². The summed E-state index contributed by atoms with van der Waals surface area (Å²) in [5, 5.41) is 0.0978. The van der Waals surface area contributed by atoms with Crippen LogP contribution in [0.1, 0.15) is 10.4 Å². The van der Waals surface area contributed by atoms with Gasteiger partial charge in [0.25, 0.3) is 5.91 Å². The van der Waals surface area contributed by atoms with Crippen molar-refractivity contribution in [1.82, 2.24) is 0 Å². The van der Waals surface area contributed by atoms with E-state index in [1.165, 1.54) is 43.4 Å². The van der Waals surface area contributed by atoms with Gasteiger partial charge in [-0.3, -0.25) is 4.79 Å². The SMILES string of the molecule is CN(C(=O)c1cc(S(C)(=O)=O)ccc1Cl)c1ccccc1F. The molecule has 0 unspecified atom stereocenters. The summed E-state index contributed by atoms with van der Waals surface area (Å²) < 4.78 is 36.9. The Kier molecular flexibility index (Phi) is 4.53. The Morgan fingerprint density at radius 1 is 1.18 bits per heavy atom. The van der Waals surface area contributed by atoms with Crippen molar-refractivity contribution in [2.45, 2.75) is 4.90 Å². The smallest absolute Gasteiger partial charge is 0.259 e. The van der Waals surface area contributed by atoms with E-state index >= 15 is 0 Å². The van der Waals surface area contributed by atoms with Crippen molar-refractivity contribution in [1.29, 1.82) is 0 Å². The molecule has 0 aliphatic carbocycles. The summed E-state index contributed by atoms with van der Waals surface area (Å²) in [7, 11) is -2.08. The minimum absolute atomic E-state index is 0.00431. The highest BCUT2D eigenvalue weighted by atomic mass is 35.5. The van der Waals surface area contributed by atoms with Gasteiger partial charge in [0.05, 0.1) is 21.2 Å². The number of halogens is 2. The zero-order chi connectivity index (χ0) is 16.5. The van der Waals surface area contributed by atoms with E-state index in [9.17, 15) is 17.6 Å². The number of carbonyl (C=O) groups excluding carboxylic acids is 1. The molecule has 0 radical (unpaired) electrons. The second kappa shape index (κ2) is 6.06. The van der Waals surface area contributed by atoms with Crippen LogP contribution in [0.25, 0.3) is 0 Å². The van der Waals surface area contributed by atoms with Gasteiger partial charge in [0, 0.05) is 13.3 Å². The van der Waals surface area contributed by atoms with Crippen molar-refractivity contribution in [2.75, 3.05) is 18.2 Å². The molecule has 0 N–H and O–H groups in total. The number of rotatable bonds is 3. The Bertz CT molecular complexity index is 836. The molecule has 2 aromatic rings. The molecule has 4 nitrogen and oxygen atoms in total. The molecule has 0 fully saturated rings. The predicted octanol–water partition coefficient (Wildman–Crippen LogP) is 3.16. The Balaban J connectivity index is 2.48. The van der Waals surface area contributed by atoms with E-state index in [2.05, 4.69) is 0 Å². The molecule has 1 amide bonds. The molecule has 0 heterocycles. The number of anilines is 1. The van der Waals surface area contributed by atoms with Crippen LogP contribution in [0.15, 0.2) is 47.4 Å². The van der Waals surface area contributed by atoms with Gasteiger partial charge in [-0.25, -0.2) is 12.8 Å². The first-order chi connectivity index (χ1) is 10.2. The van der Waals surface area contributed by atoms with E-state index in [-0.39, 0.29) is 21.2 Å². The molecule has 0 bridgehead atoms. The van der Waals surface area contributed by atoms with E-state index < -0.39 is 21.6 Å². The Morgan fingerprint density at radius 3 is 2.41 bits per heavy atom. The van der Waals surface area contributed by atoms with Gasteiger partial charge in [-0.1, -0.05) is 23.7 Å². The first-order valence-electron chi connectivity index (χ1n) is 6.24. The van der Waals surface area contributed by atoms with E-state index in [0.717, 1.165) is 11.2 Å². The third-order valence-electron chi connectivity index (χ3n) is 3.11. The van der Waals surface area contributed by atoms with Crippen LogP contribution in [0.2, 0.25) is 5.02 Å². The second-order valence-electron chi connectivity index (χ2n) is 4.73. The van der Waals surface area contributed by atoms with Crippen molar-refractivity contribution in [3.63, 3.8) is 0 Å². The fourth-order valence-electron chi connectivity index (χ4n) is 1.91. The monoisotopic (exact) mass is 341 g/mol. The van der Waals surface area contributed by atoms with Crippen molar-refractivity contribution in [2.24, 2.45) is 0 Å². The summed E-state index contributed by atoms with van der Waals surface area (Å²) in [6, 6.07) is 9.62. The number of hydrogen-bond donors (Lipinski definition) is 0. The largest absolute Gasteiger partial charge is 0.309 e. The molecular formula is C15H13ClFNO3S. The van der Waals surface area contributed by atoms with Gasteiger partial charge in [-0.2, -0.15) is 0 Å². The lowest BCUT2D eigenvalue weighted by molar-refractivity contribution is 0.0992. The van der Waals surface area contributed by atoms with Crippen molar-refractivity contribution < 1.29 is 17.6 Å². The van der Waals surface area contributed by atoms with Crippen LogP contribution in [0, 0.1) is 5.82 Å². The number of sulfone groups is 1. The number of benzene rings is 2. The van der Waals surface area contributed by atoms with Crippen LogP contribution < -0.4 is 4.90 Å². The fourth-order valence-corrected chi connectivity index (χ4v) is 2.76. The summed E-state index contributed by atoms with van der Waals surface area (Å²) in [5.41, 5.74) is 0.0728. The molecule has 0 spiro atoms. The van der Waals surface area contributed by atoms with E-state index in [4.69, 9.17) is 11.6 Å². The third-order valence-corrected chi connectivity index (χ3v) is 4.55. The zero-order valence-electron chi connectivity index (χ0n) is 11.9. The highest BCUT2D eigenvalue weighted by Gasteiger charge is 2.21. The molecule has 0 aliphatic heterocycles. The van der Waals surface area contributed by atoms with Gasteiger partial charge in [0.2, 0.25) is 0 Å². The highest BCUT2D eigenvalue weighted by molar-refractivity contribution is 7.90. The first kappa shape index (κ1) is 16.5. The summed E-state index contributed by atoms with van der Waals surface area (Å²) >= 11 is 5.98. The Morgan fingerprint density at radius 2 is 1.82 bits per heavy atom. The summed E-state index contributed by atoms with van der Waals surface area (Å²) in [5.74, 6) is -1.16. The molecule has 0 aromatic heterocycles. The number of hydrogen-bond acceptors (Lipinski definition) is 3. The first-order valence-corrected chi connectivity index (χ1v) is 8.51. The average molecular weight is 342 g/mol. The van der Waals surface area contributed by atoms with Crippen LogP contribution in [-0.2, 0) is 9.84 Å². The predicted molar refractivity (Wildman–Crippen MR) is 83.7 cm³/mol. The number of para-hydroxylation sites is 1. The van der Waals surface area contributed by atoms with Gasteiger partial charge in [0.1, 0.15) is 5.82 Å². The van der Waals surface area contributed by atoms with Gasteiger partial charge in [-0.05, 0) is 30.3 Å². The van der Waals surface area contributed by atoms with Crippen LogP contribution in [0.3, 0.4) is 0 Å². The zero-order valence-corrected chi connectivity index (χ0v) is 13.5. The average Bonchev–Trinajstić information content (AvgIpc) is 2.45. The molecule has 116 valence electrons. The minimum atomic E-state index is -3.48. The van der Waals surface area contributed by atoms with Crippen molar-refractivity contribution in [3.8, 4) is 0 Å². The normalized spacial score (nSPS) is 11.3. The van der Waals surface area contributed by atoms with Gasteiger partial charge in [-0.15, -0.1) is 0 Å². The van der Waals surface area contributed by atoms with Gasteiger partial charge in [0.15, 0.2) is 9.84 Å². The number of nitrogens with zero attached hydrogens (tertiary/aromatic N) is 1. The van der Waals surface area contributed by atoms with Gasteiger partial charge >= 0.3 is 0 Å². The lowest BCUT2D eigenvalue weighted by atomic mass is 10.2. The quantitative estimate of drug-likeness (QED) is 0.861. The molecule has 2 rings (SSSR count). The molecular weight excluding hydrogens is 329 g/mol. The minimum Gasteiger partial charge on any atom is -0.309 e. The summed E-state index contributed by atoms with van der Waals surface area (Å²) in [6.45, 7) is 0. The highest BCUT2D eigenvalue weighted by Crippen LogP contribution is 2.25. The Labute approximate surface area is 133 Å². The van der Waals surface area contributed by atoms with E-state index in [0.29, 0.717) is 0 Å². The van der Waals surface area contributed by atoms with E-state index in [1.54, 1.807) is 6.07 Å². The number of carbonyl (C=O) groups is 1. The second-order valence-corrected chi connectivity index (χ2v) is 7.15. The molecule has 0 atom stereocenters. The summed E-state index contributed by atoms with van der Waals surface area (Å²) in [4.78, 5) is 13.5. The number of amides is 1.